The Morgan fingerprint density at radius 2 is 2.18 bits per heavy atom. The van der Waals surface area contributed by atoms with E-state index in [1.807, 2.05) is 19.9 Å². The molecule has 1 aliphatic heterocycles. The molecular formula is C14H21NO2. The van der Waals surface area contributed by atoms with Gasteiger partial charge in [-0.3, -0.25) is 0 Å². The SMILES string of the molecule is COc1cc(CC(C)(C)N)cc2c1OC(C)C2. The number of methoxy groups -OCH3 is 1. The van der Waals surface area contributed by atoms with Gasteiger partial charge >= 0.3 is 0 Å². The molecule has 2 rings (SSSR count). The molecule has 1 heterocycles. The van der Waals surface area contributed by atoms with Crippen LogP contribution in [0.1, 0.15) is 31.9 Å². The summed E-state index contributed by atoms with van der Waals surface area (Å²) in [5.41, 5.74) is 8.30. The van der Waals surface area contributed by atoms with Gasteiger partial charge in [0.1, 0.15) is 6.10 Å². The average Bonchev–Trinajstić information content (AvgIpc) is 2.54. The van der Waals surface area contributed by atoms with Gasteiger partial charge in [-0.2, -0.15) is 0 Å². The number of benzene rings is 1. The fraction of sp³-hybridized carbons (Fsp3) is 0.571. The van der Waals surface area contributed by atoms with Crippen LogP contribution in [0, 0.1) is 0 Å². The van der Waals surface area contributed by atoms with Gasteiger partial charge in [0.15, 0.2) is 11.5 Å². The van der Waals surface area contributed by atoms with E-state index in [1.54, 1.807) is 7.11 Å². The molecule has 0 spiro atoms. The van der Waals surface area contributed by atoms with Crippen molar-refractivity contribution in [1.29, 1.82) is 0 Å². The van der Waals surface area contributed by atoms with E-state index in [-0.39, 0.29) is 11.6 Å². The monoisotopic (exact) mass is 235 g/mol. The second-order valence-corrected chi connectivity index (χ2v) is 5.58. The summed E-state index contributed by atoms with van der Waals surface area (Å²) < 4.78 is 11.2. The third-order valence-corrected chi connectivity index (χ3v) is 2.90. The summed E-state index contributed by atoms with van der Waals surface area (Å²) in [4.78, 5) is 0. The summed E-state index contributed by atoms with van der Waals surface area (Å²) in [7, 11) is 1.68. The smallest absolute Gasteiger partial charge is 0.164 e. The highest BCUT2D eigenvalue weighted by Crippen LogP contribution is 2.39. The van der Waals surface area contributed by atoms with Gasteiger partial charge in [-0.05, 0) is 38.8 Å². The summed E-state index contributed by atoms with van der Waals surface area (Å²) >= 11 is 0. The molecule has 0 saturated heterocycles. The van der Waals surface area contributed by atoms with Gasteiger partial charge in [0.2, 0.25) is 0 Å². The lowest BCUT2D eigenvalue weighted by Gasteiger charge is -2.19. The summed E-state index contributed by atoms with van der Waals surface area (Å²) in [5, 5.41) is 0. The van der Waals surface area contributed by atoms with Crippen molar-refractivity contribution in [3.05, 3.63) is 23.3 Å². The van der Waals surface area contributed by atoms with Crippen molar-refractivity contribution < 1.29 is 9.47 Å². The number of hydrogen-bond acceptors (Lipinski definition) is 3. The lowest BCUT2D eigenvalue weighted by Crippen LogP contribution is -2.34. The first kappa shape index (κ1) is 12.2. The fourth-order valence-corrected chi connectivity index (χ4v) is 2.34. The number of ether oxygens (including phenoxy) is 2. The van der Waals surface area contributed by atoms with Gasteiger partial charge in [0, 0.05) is 17.5 Å². The van der Waals surface area contributed by atoms with E-state index in [0.29, 0.717) is 0 Å². The molecular weight excluding hydrogens is 214 g/mol. The highest BCUT2D eigenvalue weighted by Gasteiger charge is 2.24. The van der Waals surface area contributed by atoms with Crippen LogP contribution in [-0.4, -0.2) is 18.8 Å². The molecule has 1 unspecified atom stereocenters. The first-order valence-corrected chi connectivity index (χ1v) is 6.04. The molecule has 1 aromatic carbocycles. The van der Waals surface area contributed by atoms with Crippen LogP contribution in [0.3, 0.4) is 0 Å². The predicted molar refractivity (Wildman–Crippen MR) is 68.8 cm³/mol. The van der Waals surface area contributed by atoms with Crippen molar-refractivity contribution in [3.8, 4) is 11.5 Å². The molecule has 0 bridgehead atoms. The third-order valence-electron chi connectivity index (χ3n) is 2.90. The second-order valence-electron chi connectivity index (χ2n) is 5.58. The average molecular weight is 235 g/mol. The second kappa shape index (κ2) is 4.22. The Morgan fingerprint density at radius 3 is 2.76 bits per heavy atom. The van der Waals surface area contributed by atoms with E-state index >= 15 is 0 Å². The Hall–Kier alpha value is -1.22. The fourth-order valence-electron chi connectivity index (χ4n) is 2.34. The quantitative estimate of drug-likeness (QED) is 0.874. The predicted octanol–water partition coefficient (Wildman–Crippen LogP) is 2.30. The summed E-state index contributed by atoms with van der Waals surface area (Å²) in [6.45, 7) is 6.14. The molecule has 94 valence electrons. The van der Waals surface area contributed by atoms with Crippen LogP contribution in [0.5, 0.6) is 11.5 Å². The largest absolute Gasteiger partial charge is 0.493 e. The zero-order valence-corrected chi connectivity index (χ0v) is 11.0. The molecule has 17 heavy (non-hydrogen) atoms. The van der Waals surface area contributed by atoms with Gasteiger partial charge in [-0.15, -0.1) is 0 Å². The van der Waals surface area contributed by atoms with Crippen LogP contribution in [-0.2, 0) is 12.8 Å². The number of fused-ring (bicyclic) bond motifs is 1. The molecule has 0 radical (unpaired) electrons. The first-order chi connectivity index (χ1) is 7.89. The molecule has 3 heteroatoms. The Morgan fingerprint density at radius 1 is 1.47 bits per heavy atom. The van der Waals surface area contributed by atoms with Crippen LogP contribution < -0.4 is 15.2 Å². The minimum absolute atomic E-state index is 0.204. The molecule has 3 nitrogen and oxygen atoms in total. The van der Waals surface area contributed by atoms with E-state index in [9.17, 15) is 0 Å². The Balaban J connectivity index is 2.35. The lowest BCUT2D eigenvalue weighted by molar-refractivity contribution is 0.243. The van der Waals surface area contributed by atoms with Crippen molar-refractivity contribution in [2.45, 2.75) is 45.3 Å². The van der Waals surface area contributed by atoms with Crippen LogP contribution >= 0.6 is 0 Å². The maximum Gasteiger partial charge on any atom is 0.164 e. The number of nitrogens with two attached hydrogens (primary N) is 1. The first-order valence-electron chi connectivity index (χ1n) is 6.04. The Bertz CT molecular complexity index is 421. The maximum absolute atomic E-state index is 6.06. The van der Waals surface area contributed by atoms with E-state index in [1.165, 1.54) is 11.1 Å². The Kier molecular flexibility index (Phi) is 3.04. The molecule has 0 aromatic heterocycles. The van der Waals surface area contributed by atoms with E-state index in [0.717, 1.165) is 24.3 Å². The maximum atomic E-state index is 6.06. The minimum Gasteiger partial charge on any atom is -0.493 e. The van der Waals surface area contributed by atoms with Crippen LogP contribution in [0.15, 0.2) is 12.1 Å². The van der Waals surface area contributed by atoms with E-state index in [2.05, 4.69) is 13.0 Å². The van der Waals surface area contributed by atoms with Gasteiger partial charge in [0.05, 0.1) is 7.11 Å². The number of rotatable bonds is 3. The van der Waals surface area contributed by atoms with Crippen LogP contribution in [0.4, 0.5) is 0 Å². The summed E-state index contributed by atoms with van der Waals surface area (Å²) in [6.07, 6.45) is 2.02. The summed E-state index contributed by atoms with van der Waals surface area (Å²) in [6, 6.07) is 4.22. The lowest BCUT2D eigenvalue weighted by atomic mass is 9.94. The Labute approximate surface area is 103 Å². The van der Waals surface area contributed by atoms with Crippen LogP contribution in [0.25, 0.3) is 0 Å². The zero-order valence-electron chi connectivity index (χ0n) is 11.0. The molecule has 0 fully saturated rings. The molecule has 1 aliphatic rings. The highest BCUT2D eigenvalue weighted by atomic mass is 16.5. The molecule has 0 aliphatic carbocycles. The highest BCUT2D eigenvalue weighted by molar-refractivity contribution is 5.52. The number of hydrogen-bond donors (Lipinski definition) is 1. The van der Waals surface area contributed by atoms with Gasteiger partial charge < -0.3 is 15.2 Å². The third kappa shape index (κ3) is 2.72. The molecule has 1 aromatic rings. The van der Waals surface area contributed by atoms with Crippen molar-refractivity contribution >= 4 is 0 Å². The normalized spacial score (nSPS) is 18.8. The van der Waals surface area contributed by atoms with Gasteiger partial charge in [-0.1, -0.05) is 6.07 Å². The van der Waals surface area contributed by atoms with Gasteiger partial charge in [0.25, 0.3) is 0 Å². The zero-order chi connectivity index (χ0) is 12.6. The minimum atomic E-state index is -0.204. The summed E-state index contributed by atoms with van der Waals surface area (Å²) in [5.74, 6) is 1.73. The topological polar surface area (TPSA) is 44.5 Å². The van der Waals surface area contributed by atoms with Crippen molar-refractivity contribution in [3.63, 3.8) is 0 Å². The molecule has 0 saturated carbocycles. The van der Waals surface area contributed by atoms with Crippen molar-refractivity contribution in [2.24, 2.45) is 5.73 Å². The molecule has 2 N–H and O–H groups in total. The van der Waals surface area contributed by atoms with Crippen molar-refractivity contribution in [1.82, 2.24) is 0 Å². The van der Waals surface area contributed by atoms with Gasteiger partial charge in [-0.25, -0.2) is 0 Å². The van der Waals surface area contributed by atoms with Crippen molar-refractivity contribution in [2.75, 3.05) is 7.11 Å². The van der Waals surface area contributed by atoms with E-state index < -0.39 is 0 Å². The van der Waals surface area contributed by atoms with Crippen LogP contribution in [0.2, 0.25) is 0 Å². The molecule has 0 amide bonds. The van der Waals surface area contributed by atoms with E-state index in [4.69, 9.17) is 15.2 Å². The molecule has 1 atom stereocenters. The standard InChI is InChI=1S/C14H21NO2/c1-9-5-11-6-10(8-14(2,3)15)7-12(16-4)13(11)17-9/h6-7,9H,5,8,15H2,1-4H3.